The van der Waals surface area contributed by atoms with Crippen molar-refractivity contribution in [1.82, 2.24) is 9.97 Å². The van der Waals surface area contributed by atoms with Crippen LogP contribution >= 0.6 is 22.7 Å². The van der Waals surface area contributed by atoms with Crippen LogP contribution in [0.1, 0.15) is 62.8 Å². The number of aliphatic carboxylic acids is 2. The summed E-state index contributed by atoms with van der Waals surface area (Å²) in [5, 5.41) is 21.9. The molecule has 0 aliphatic rings. The molecule has 0 atom stereocenters. The predicted molar refractivity (Wildman–Crippen MR) is 115 cm³/mol. The van der Waals surface area contributed by atoms with Crippen LogP contribution in [0, 0.1) is 13.8 Å². The van der Waals surface area contributed by atoms with E-state index in [0.717, 1.165) is 49.9 Å². The first-order chi connectivity index (χ1) is 13.2. The Morgan fingerprint density at radius 2 is 1.11 bits per heavy atom. The van der Waals surface area contributed by atoms with Gasteiger partial charge in [-0.25, -0.2) is 9.97 Å². The largest absolute Gasteiger partial charge is 0.481 e. The second kappa shape index (κ2) is 15.8. The van der Waals surface area contributed by atoms with E-state index in [1.165, 1.54) is 22.7 Å². The molecule has 0 fully saturated rings. The van der Waals surface area contributed by atoms with Gasteiger partial charge in [0.05, 0.1) is 11.4 Å². The molecule has 0 aliphatic heterocycles. The van der Waals surface area contributed by atoms with Crippen LogP contribution < -0.4 is 11.5 Å². The summed E-state index contributed by atoms with van der Waals surface area (Å²) in [7, 11) is 0. The maximum Gasteiger partial charge on any atom is 0.303 e. The molecule has 2 rings (SSSR count). The highest BCUT2D eigenvalue weighted by atomic mass is 32.1. The number of nitrogen functional groups attached to an aromatic ring is 2. The summed E-state index contributed by atoms with van der Waals surface area (Å²) < 4.78 is 0. The van der Waals surface area contributed by atoms with Gasteiger partial charge < -0.3 is 21.7 Å². The highest BCUT2D eigenvalue weighted by molar-refractivity contribution is 7.13. The summed E-state index contributed by atoms with van der Waals surface area (Å²) in [6.07, 6.45) is 5.82. The van der Waals surface area contributed by atoms with Gasteiger partial charge in [0.2, 0.25) is 0 Å². The first-order valence-electron chi connectivity index (χ1n) is 8.99. The van der Waals surface area contributed by atoms with Gasteiger partial charge >= 0.3 is 11.9 Å². The number of carbonyl (C=O) groups is 2. The number of hydrogen-bond donors (Lipinski definition) is 4. The molecular weight excluding hydrogens is 400 g/mol. The van der Waals surface area contributed by atoms with Crippen molar-refractivity contribution < 1.29 is 19.8 Å². The summed E-state index contributed by atoms with van der Waals surface area (Å²) >= 11 is 2.94. The number of hydrogen-bond acceptors (Lipinski definition) is 8. The van der Waals surface area contributed by atoms with Crippen molar-refractivity contribution in [3.05, 3.63) is 22.1 Å². The maximum absolute atomic E-state index is 10.1. The third kappa shape index (κ3) is 17.2. The van der Waals surface area contributed by atoms with Crippen LogP contribution in [0.5, 0.6) is 0 Å². The fraction of sp³-hybridized carbons (Fsp3) is 0.556. The highest BCUT2D eigenvalue weighted by Crippen LogP contribution is 2.09. The van der Waals surface area contributed by atoms with E-state index < -0.39 is 11.9 Å². The van der Waals surface area contributed by atoms with E-state index in [0.29, 0.717) is 10.3 Å². The summed E-state index contributed by atoms with van der Waals surface area (Å²) in [6.45, 7) is 3.85. The number of thiazole rings is 2. The van der Waals surface area contributed by atoms with Gasteiger partial charge in [0, 0.05) is 23.6 Å². The zero-order valence-electron chi connectivity index (χ0n) is 16.4. The van der Waals surface area contributed by atoms with Gasteiger partial charge in [-0.15, -0.1) is 22.7 Å². The maximum atomic E-state index is 10.1. The highest BCUT2D eigenvalue weighted by Gasteiger charge is 1.98. The number of anilines is 2. The van der Waals surface area contributed by atoms with E-state index in [1.54, 1.807) is 0 Å². The molecule has 0 aromatic carbocycles. The van der Waals surface area contributed by atoms with Gasteiger partial charge in [-0.3, -0.25) is 9.59 Å². The average molecular weight is 431 g/mol. The number of carboxylic acids is 2. The van der Waals surface area contributed by atoms with Crippen molar-refractivity contribution in [2.45, 2.75) is 65.2 Å². The molecule has 158 valence electrons. The lowest BCUT2D eigenvalue weighted by atomic mass is 10.1. The summed E-state index contributed by atoms with van der Waals surface area (Å²) in [4.78, 5) is 28.1. The third-order valence-electron chi connectivity index (χ3n) is 3.30. The Labute approximate surface area is 173 Å². The molecule has 2 heterocycles. The molecule has 0 saturated heterocycles. The van der Waals surface area contributed by atoms with Gasteiger partial charge in [-0.05, 0) is 26.7 Å². The van der Waals surface area contributed by atoms with Crippen LogP contribution in [0.25, 0.3) is 0 Å². The van der Waals surface area contributed by atoms with Gasteiger partial charge in [0.15, 0.2) is 10.3 Å². The monoisotopic (exact) mass is 430 g/mol. The molecule has 8 nitrogen and oxygen atoms in total. The van der Waals surface area contributed by atoms with E-state index in [4.69, 9.17) is 21.7 Å². The van der Waals surface area contributed by atoms with Crippen molar-refractivity contribution in [2.75, 3.05) is 11.5 Å². The van der Waals surface area contributed by atoms with Gasteiger partial charge in [0.1, 0.15) is 0 Å². The Morgan fingerprint density at radius 3 is 1.29 bits per heavy atom. The number of carboxylic acid groups (broad SMARTS) is 2. The molecule has 10 heteroatoms. The Kier molecular flexibility index (Phi) is 14.6. The van der Waals surface area contributed by atoms with E-state index in [2.05, 4.69) is 9.97 Å². The topological polar surface area (TPSA) is 152 Å². The molecule has 0 amide bonds. The average Bonchev–Trinajstić information content (AvgIpc) is 3.17. The molecule has 2 aromatic heterocycles. The normalized spacial score (nSPS) is 9.64. The standard InChI is InChI=1S/C10H18O4.2C4H6N2S/c11-9(12)7-5-3-1-2-4-6-8-10(13)14;2*1-3-2-7-4(5)6-3/h1-8H2,(H,11,12)(H,13,14);2*2H,1H3,(H2,5,6). The summed E-state index contributed by atoms with van der Waals surface area (Å²) in [6, 6.07) is 0. The fourth-order valence-corrected chi connectivity index (χ4v) is 3.09. The first kappa shape index (κ1) is 25.8. The van der Waals surface area contributed by atoms with Crippen LogP contribution in [0.3, 0.4) is 0 Å². The minimum atomic E-state index is -0.740. The first-order valence-corrected chi connectivity index (χ1v) is 10.8. The molecule has 0 aliphatic carbocycles. The SMILES string of the molecule is Cc1csc(N)n1.Cc1csc(N)n1.O=C(O)CCCCCCCCC(=O)O. The number of aromatic nitrogens is 2. The van der Waals surface area contributed by atoms with Crippen LogP contribution in [-0.4, -0.2) is 32.1 Å². The number of unbranched alkanes of at least 4 members (excludes halogenated alkanes) is 5. The van der Waals surface area contributed by atoms with Crippen LogP contribution in [0.15, 0.2) is 10.8 Å². The third-order valence-corrected chi connectivity index (χ3v) is 4.89. The quantitative estimate of drug-likeness (QED) is 0.428. The number of nitrogens with two attached hydrogens (primary N) is 2. The van der Waals surface area contributed by atoms with Crippen molar-refractivity contribution in [3.63, 3.8) is 0 Å². The fourth-order valence-electron chi connectivity index (χ4n) is 2.00. The lowest BCUT2D eigenvalue weighted by Gasteiger charge is -1.98. The molecule has 0 unspecified atom stereocenters. The van der Waals surface area contributed by atoms with Gasteiger partial charge in [-0.1, -0.05) is 25.7 Å². The van der Waals surface area contributed by atoms with Gasteiger partial charge in [-0.2, -0.15) is 0 Å². The second-order valence-electron chi connectivity index (χ2n) is 6.06. The number of nitrogens with zero attached hydrogens (tertiary/aromatic N) is 2. The Balaban J connectivity index is 0.000000431. The van der Waals surface area contributed by atoms with Crippen molar-refractivity contribution in [2.24, 2.45) is 0 Å². The number of rotatable bonds is 9. The van der Waals surface area contributed by atoms with E-state index in [1.807, 2.05) is 24.6 Å². The van der Waals surface area contributed by atoms with Gasteiger partial charge in [0.25, 0.3) is 0 Å². The van der Waals surface area contributed by atoms with E-state index in [-0.39, 0.29) is 12.8 Å². The molecule has 0 radical (unpaired) electrons. The molecule has 0 saturated carbocycles. The Hall–Kier alpha value is -2.20. The second-order valence-corrected chi connectivity index (χ2v) is 7.84. The lowest BCUT2D eigenvalue weighted by Crippen LogP contribution is -1.94. The number of aryl methyl sites for hydroxylation is 2. The Morgan fingerprint density at radius 1 is 0.786 bits per heavy atom. The zero-order chi connectivity index (χ0) is 21.4. The lowest BCUT2D eigenvalue weighted by molar-refractivity contribution is -0.138. The molecular formula is C18H30N4O4S2. The van der Waals surface area contributed by atoms with Crippen molar-refractivity contribution in [1.29, 1.82) is 0 Å². The Bertz CT molecular complexity index is 597. The zero-order valence-corrected chi connectivity index (χ0v) is 18.0. The molecule has 0 spiro atoms. The summed E-state index contributed by atoms with van der Waals surface area (Å²) in [5.74, 6) is -1.48. The molecule has 2 aromatic rings. The predicted octanol–water partition coefficient (Wildman–Crippen LogP) is 4.34. The van der Waals surface area contributed by atoms with Crippen LogP contribution in [0.2, 0.25) is 0 Å². The van der Waals surface area contributed by atoms with E-state index in [9.17, 15) is 9.59 Å². The summed E-state index contributed by atoms with van der Waals surface area (Å²) in [5.41, 5.74) is 12.6. The van der Waals surface area contributed by atoms with Crippen LogP contribution in [-0.2, 0) is 9.59 Å². The van der Waals surface area contributed by atoms with Crippen molar-refractivity contribution in [3.8, 4) is 0 Å². The molecule has 0 bridgehead atoms. The van der Waals surface area contributed by atoms with Crippen LogP contribution in [0.4, 0.5) is 10.3 Å². The smallest absolute Gasteiger partial charge is 0.303 e. The van der Waals surface area contributed by atoms with Crippen molar-refractivity contribution >= 4 is 44.9 Å². The minimum absolute atomic E-state index is 0.245. The minimum Gasteiger partial charge on any atom is -0.481 e. The molecule has 28 heavy (non-hydrogen) atoms. The van der Waals surface area contributed by atoms with E-state index >= 15 is 0 Å². The molecule has 6 N–H and O–H groups in total.